The first-order valence-corrected chi connectivity index (χ1v) is 9.40. The highest BCUT2D eigenvalue weighted by Gasteiger charge is 2.28. The number of rotatable bonds is 4. The molecule has 1 aromatic carbocycles. The van der Waals surface area contributed by atoms with Gasteiger partial charge in [-0.2, -0.15) is 5.10 Å². The summed E-state index contributed by atoms with van der Waals surface area (Å²) in [6.07, 6.45) is 5.96. The Kier molecular flexibility index (Phi) is 4.53. The molecule has 3 N–H and O–H groups in total. The molecule has 1 aliphatic heterocycles. The SMILES string of the molecule is Cn1c(C[C@H]2CCCC[C@H]2NC(=O)c2ccc3c(c2)CCN3)n[nH]c1=O. The van der Waals surface area contributed by atoms with E-state index in [9.17, 15) is 9.59 Å². The van der Waals surface area contributed by atoms with Crippen LogP contribution < -0.4 is 16.3 Å². The Morgan fingerprint density at radius 2 is 2.19 bits per heavy atom. The summed E-state index contributed by atoms with van der Waals surface area (Å²) >= 11 is 0. The summed E-state index contributed by atoms with van der Waals surface area (Å²) in [4.78, 5) is 24.4. The van der Waals surface area contributed by atoms with Crippen molar-refractivity contribution >= 4 is 11.6 Å². The number of anilines is 1. The molecule has 2 aromatic rings. The third kappa shape index (κ3) is 3.25. The number of carbonyl (C=O) groups excluding carboxylic acids is 1. The largest absolute Gasteiger partial charge is 0.384 e. The van der Waals surface area contributed by atoms with Gasteiger partial charge in [-0.3, -0.25) is 9.36 Å². The van der Waals surface area contributed by atoms with Gasteiger partial charge in [0.25, 0.3) is 5.91 Å². The second-order valence-corrected chi connectivity index (χ2v) is 7.38. The van der Waals surface area contributed by atoms with Crippen LogP contribution >= 0.6 is 0 Å². The molecule has 1 aliphatic carbocycles. The Balaban J connectivity index is 1.47. The van der Waals surface area contributed by atoms with Gasteiger partial charge in [0.1, 0.15) is 5.82 Å². The van der Waals surface area contributed by atoms with E-state index in [-0.39, 0.29) is 17.6 Å². The zero-order valence-corrected chi connectivity index (χ0v) is 15.0. The van der Waals surface area contributed by atoms with Gasteiger partial charge in [0, 0.05) is 37.3 Å². The number of hydrogen-bond acceptors (Lipinski definition) is 4. The average Bonchev–Trinajstić information content (AvgIpc) is 3.24. The highest BCUT2D eigenvalue weighted by Crippen LogP contribution is 2.28. The highest BCUT2D eigenvalue weighted by molar-refractivity contribution is 5.95. The van der Waals surface area contributed by atoms with Crippen LogP contribution in [0.3, 0.4) is 0 Å². The second kappa shape index (κ2) is 6.97. The van der Waals surface area contributed by atoms with Crippen LogP contribution in [0.5, 0.6) is 0 Å². The number of hydrogen-bond donors (Lipinski definition) is 3. The molecule has 2 aliphatic rings. The topological polar surface area (TPSA) is 91.8 Å². The molecule has 7 heteroatoms. The fourth-order valence-corrected chi connectivity index (χ4v) is 4.14. The molecular weight excluding hydrogens is 330 g/mol. The van der Waals surface area contributed by atoms with Crippen molar-refractivity contribution in [2.45, 2.75) is 44.6 Å². The van der Waals surface area contributed by atoms with E-state index in [2.05, 4.69) is 20.8 Å². The van der Waals surface area contributed by atoms with E-state index >= 15 is 0 Å². The van der Waals surface area contributed by atoms with Crippen LogP contribution in [-0.2, 0) is 19.9 Å². The number of nitrogens with one attached hydrogen (secondary N) is 3. The lowest BCUT2D eigenvalue weighted by Crippen LogP contribution is -2.43. The van der Waals surface area contributed by atoms with E-state index in [1.807, 2.05) is 18.2 Å². The van der Waals surface area contributed by atoms with Crippen LogP contribution in [-0.4, -0.2) is 33.3 Å². The van der Waals surface area contributed by atoms with Crippen LogP contribution in [0.15, 0.2) is 23.0 Å². The number of carbonyl (C=O) groups is 1. The van der Waals surface area contributed by atoms with Gasteiger partial charge in [-0.1, -0.05) is 12.8 Å². The molecule has 0 saturated heterocycles. The Morgan fingerprint density at radius 3 is 3.00 bits per heavy atom. The molecule has 0 radical (unpaired) electrons. The molecule has 2 atom stereocenters. The Morgan fingerprint density at radius 1 is 1.35 bits per heavy atom. The maximum Gasteiger partial charge on any atom is 0.343 e. The van der Waals surface area contributed by atoms with Gasteiger partial charge in [0.15, 0.2) is 0 Å². The zero-order chi connectivity index (χ0) is 18.1. The van der Waals surface area contributed by atoms with Crippen molar-refractivity contribution in [1.82, 2.24) is 20.1 Å². The average molecular weight is 355 g/mol. The number of amides is 1. The number of fused-ring (bicyclic) bond motifs is 1. The Bertz CT molecular complexity index is 869. The van der Waals surface area contributed by atoms with Gasteiger partial charge in [0.2, 0.25) is 0 Å². The van der Waals surface area contributed by atoms with E-state index in [1.165, 1.54) is 5.56 Å². The van der Waals surface area contributed by atoms with Crippen molar-refractivity contribution in [3.8, 4) is 0 Å². The fourth-order valence-electron chi connectivity index (χ4n) is 4.14. The standard InChI is InChI=1S/C19H25N5O2/c1-24-17(22-23-19(24)26)11-12-4-2-3-5-16(12)21-18(25)14-6-7-15-13(10-14)8-9-20-15/h6-7,10,12,16,20H,2-5,8-9,11H2,1H3,(H,21,25)(H,23,26)/t12-,16-/m1/s1. The van der Waals surface area contributed by atoms with E-state index in [0.29, 0.717) is 12.3 Å². The summed E-state index contributed by atoms with van der Waals surface area (Å²) < 4.78 is 1.56. The van der Waals surface area contributed by atoms with Crippen LogP contribution in [0.2, 0.25) is 0 Å². The molecule has 2 heterocycles. The van der Waals surface area contributed by atoms with Crippen molar-refractivity contribution in [2.24, 2.45) is 13.0 Å². The predicted octanol–water partition coefficient (Wildman–Crippen LogP) is 1.61. The van der Waals surface area contributed by atoms with E-state index in [4.69, 9.17) is 0 Å². The maximum atomic E-state index is 12.8. The molecule has 1 amide bonds. The molecule has 1 aromatic heterocycles. The van der Waals surface area contributed by atoms with Gasteiger partial charge in [0.05, 0.1) is 0 Å². The van der Waals surface area contributed by atoms with Crippen molar-refractivity contribution in [3.05, 3.63) is 45.6 Å². The number of benzene rings is 1. The first-order chi connectivity index (χ1) is 12.6. The van der Waals surface area contributed by atoms with Crippen LogP contribution in [0.1, 0.15) is 47.4 Å². The molecule has 1 saturated carbocycles. The lowest BCUT2D eigenvalue weighted by Gasteiger charge is -2.32. The molecule has 0 unspecified atom stereocenters. The van der Waals surface area contributed by atoms with Crippen molar-refractivity contribution in [1.29, 1.82) is 0 Å². The fraction of sp³-hybridized carbons (Fsp3) is 0.526. The van der Waals surface area contributed by atoms with Crippen LogP contribution in [0.25, 0.3) is 0 Å². The van der Waals surface area contributed by atoms with E-state index < -0.39 is 0 Å². The van der Waals surface area contributed by atoms with E-state index in [1.54, 1.807) is 11.6 Å². The van der Waals surface area contributed by atoms with Crippen LogP contribution in [0.4, 0.5) is 5.69 Å². The smallest absolute Gasteiger partial charge is 0.343 e. The number of aromatic nitrogens is 3. The minimum atomic E-state index is -0.192. The normalized spacial score (nSPS) is 21.9. The number of nitrogens with zero attached hydrogens (tertiary/aromatic N) is 2. The molecule has 138 valence electrons. The molecular formula is C19H25N5O2. The summed E-state index contributed by atoms with van der Waals surface area (Å²) in [5.74, 6) is 1.05. The van der Waals surface area contributed by atoms with Gasteiger partial charge >= 0.3 is 5.69 Å². The molecule has 26 heavy (non-hydrogen) atoms. The lowest BCUT2D eigenvalue weighted by atomic mass is 9.82. The van der Waals surface area contributed by atoms with Crippen molar-refractivity contribution in [3.63, 3.8) is 0 Å². The first kappa shape index (κ1) is 16.9. The summed E-state index contributed by atoms with van der Waals surface area (Å²) in [5.41, 5.74) is 2.88. The summed E-state index contributed by atoms with van der Waals surface area (Å²) in [7, 11) is 1.73. The van der Waals surface area contributed by atoms with Gasteiger partial charge in [-0.05, 0) is 48.9 Å². The van der Waals surface area contributed by atoms with Gasteiger partial charge < -0.3 is 10.6 Å². The van der Waals surface area contributed by atoms with Gasteiger partial charge in [-0.25, -0.2) is 9.89 Å². The molecule has 7 nitrogen and oxygen atoms in total. The van der Waals surface area contributed by atoms with Crippen molar-refractivity contribution < 1.29 is 4.79 Å². The second-order valence-electron chi connectivity index (χ2n) is 7.38. The minimum absolute atomic E-state index is 0.00693. The quantitative estimate of drug-likeness (QED) is 0.777. The highest BCUT2D eigenvalue weighted by atomic mass is 16.2. The van der Waals surface area contributed by atoms with Crippen LogP contribution in [0, 0.1) is 5.92 Å². The maximum absolute atomic E-state index is 12.8. The lowest BCUT2D eigenvalue weighted by molar-refractivity contribution is 0.0905. The molecule has 1 fully saturated rings. The van der Waals surface area contributed by atoms with Crippen molar-refractivity contribution in [2.75, 3.05) is 11.9 Å². The monoisotopic (exact) mass is 355 g/mol. The molecule has 0 bridgehead atoms. The summed E-state index contributed by atoms with van der Waals surface area (Å²) in [5, 5.41) is 13.2. The molecule has 0 spiro atoms. The van der Waals surface area contributed by atoms with E-state index in [0.717, 1.165) is 55.7 Å². The summed E-state index contributed by atoms with van der Waals surface area (Å²) in [6.45, 7) is 0.938. The molecule has 4 rings (SSSR count). The summed E-state index contributed by atoms with van der Waals surface area (Å²) in [6, 6.07) is 6.01. The minimum Gasteiger partial charge on any atom is -0.384 e. The van der Waals surface area contributed by atoms with Gasteiger partial charge in [-0.15, -0.1) is 0 Å². The number of H-pyrrole nitrogens is 1. The third-order valence-electron chi connectivity index (χ3n) is 5.72. The zero-order valence-electron chi connectivity index (χ0n) is 15.0. The Hall–Kier alpha value is -2.57. The first-order valence-electron chi connectivity index (χ1n) is 9.40. The predicted molar refractivity (Wildman–Crippen MR) is 99.4 cm³/mol. The Labute approximate surface area is 152 Å². The third-order valence-corrected chi connectivity index (χ3v) is 5.72. The number of aromatic amines is 1.